The van der Waals surface area contributed by atoms with Crippen molar-refractivity contribution in [1.82, 2.24) is 34.3 Å². The van der Waals surface area contributed by atoms with Crippen molar-refractivity contribution in [2.45, 2.75) is 130 Å². The van der Waals surface area contributed by atoms with Crippen molar-refractivity contribution in [3.63, 3.8) is 0 Å². The first-order valence-corrected chi connectivity index (χ1v) is 28.5. The van der Waals surface area contributed by atoms with E-state index in [1.807, 2.05) is 24.3 Å². The monoisotopic (exact) mass is 1090 g/mol. The van der Waals surface area contributed by atoms with Crippen molar-refractivity contribution in [3.05, 3.63) is 109 Å². The van der Waals surface area contributed by atoms with E-state index in [1.54, 1.807) is 11.9 Å². The number of hydrogen-bond donors (Lipinski definition) is 5. The van der Waals surface area contributed by atoms with Gasteiger partial charge in [0, 0.05) is 98.3 Å². The number of phosphoric ester groups is 1. The molecule has 0 saturated carbocycles. The van der Waals surface area contributed by atoms with Crippen molar-refractivity contribution in [1.29, 1.82) is 0 Å². The van der Waals surface area contributed by atoms with Crippen LogP contribution in [-0.4, -0.2) is 117 Å². The summed E-state index contributed by atoms with van der Waals surface area (Å²) in [4.78, 5) is 67.7. The first-order chi connectivity index (χ1) is 37.1. The third-order valence-corrected chi connectivity index (χ3v) is 16.7. The fourth-order valence-electron chi connectivity index (χ4n) is 12.2. The van der Waals surface area contributed by atoms with E-state index in [-0.39, 0.29) is 59.0 Å². The minimum absolute atomic E-state index is 0.0349. The summed E-state index contributed by atoms with van der Waals surface area (Å²) in [5, 5.41) is 19.4. The molecule has 10 rings (SSSR count). The molecule has 0 spiro atoms. The van der Waals surface area contributed by atoms with E-state index in [2.05, 4.69) is 127 Å². The normalized spacial score (nSPS) is 22.6. The number of nitrogens with zero attached hydrogens (tertiary/aromatic N) is 6. The Labute approximate surface area is 453 Å². The molecule has 0 bridgehead atoms. The molecule has 5 aromatic rings. The second-order valence-electron chi connectivity index (χ2n) is 22.0. The third kappa shape index (κ3) is 10.2. The van der Waals surface area contributed by atoms with E-state index in [0.717, 1.165) is 87.9 Å². The molecule has 5 aliphatic heterocycles. The van der Waals surface area contributed by atoms with Crippen LogP contribution in [0.4, 0.5) is 17.6 Å². The number of rotatable bonds is 17. The van der Waals surface area contributed by atoms with E-state index in [1.165, 1.54) is 15.7 Å². The lowest BCUT2D eigenvalue weighted by Gasteiger charge is -2.43. The van der Waals surface area contributed by atoms with Gasteiger partial charge in [0.1, 0.15) is 36.4 Å². The quantitative estimate of drug-likeness (QED) is 0.0426. The molecular weight excluding hydrogens is 1020 g/mol. The summed E-state index contributed by atoms with van der Waals surface area (Å²) in [6, 6.07) is 16.7. The Kier molecular flexibility index (Phi) is 14.8. The summed E-state index contributed by atoms with van der Waals surface area (Å²) in [5.41, 5.74) is 13.9. The van der Waals surface area contributed by atoms with Gasteiger partial charge in [0.15, 0.2) is 22.9 Å². The highest BCUT2D eigenvalue weighted by Crippen LogP contribution is 2.51. The van der Waals surface area contributed by atoms with Gasteiger partial charge < -0.3 is 54.7 Å². The number of anilines is 3. The zero-order valence-electron chi connectivity index (χ0n) is 45.9. The highest BCUT2D eigenvalue weighted by molar-refractivity contribution is 7.45. The van der Waals surface area contributed by atoms with Gasteiger partial charge in [0.2, 0.25) is 23.2 Å². The molecule has 20 nitrogen and oxygen atoms in total. The second kappa shape index (κ2) is 21.2. The zero-order valence-corrected chi connectivity index (χ0v) is 46.8. The summed E-state index contributed by atoms with van der Waals surface area (Å²) in [7, 11) is -2.84. The van der Waals surface area contributed by atoms with Gasteiger partial charge in [-0.15, -0.1) is 0 Å². The number of benzene rings is 3. The van der Waals surface area contributed by atoms with Gasteiger partial charge in [-0.25, -0.2) is 9.56 Å². The van der Waals surface area contributed by atoms with Gasteiger partial charge in [0.05, 0.1) is 18.2 Å². The predicted octanol–water partition coefficient (Wildman–Crippen LogP) is 5.57. The predicted molar refractivity (Wildman–Crippen MR) is 298 cm³/mol. The van der Waals surface area contributed by atoms with Crippen LogP contribution in [0.15, 0.2) is 65.5 Å². The number of fused-ring (bicyclic) bond motifs is 6. The lowest BCUT2D eigenvalue weighted by molar-refractivity contribution is -0.245. The number of ether oxygens (including phenoxy) is 2. The molecule has 414 valence electrons. The van der Waals surface area contributed by atoms with Crippen molar-refractivity contribution < 1.29 is 42.7 Å². The molecule has 2 saturated heterocycles. The van der Waals surface area contributed by atoms with Crippen LogP contribution in [-0.2, 0) is 23.1 Å². The van der Waals surface area contributed by atoms with Crippen LogP contribution in [0.25, 0.3) is 27.9 Å². The first kappa shape index (κ1) is 54.7. The minimum atomic E-state index is -4.63. The molecule has 2 amide bonds. The number of hydrogen-bond acceptors (Lipinski definition) is 15. The number of H-pyrrole nitrogens is 1. The number of nitrogen functional groups attached to an aromatic ring is 1. The summed E-state index contributed by atoms with van der Waals surface area (Å²) in [6.45, 7) is 20.2. The SMILES string of the molecule is CCN1c2cc3c(cc2C(C)=CC1(C)C)C(c1ccccc1C(=O)N(C)CCCC(=O)NCCCCCCNc1nc2c(=O)[nH]c(N)nc2n1[C@@H]1O[C@@H]2COP(=O)([O-])O[C@H]2[C@H]1O)=c1cc2c(cc1O3)=[N+](CC)C(C)(C)C=C2C. The Morgan fingerprint density at radius 1 is 0.962 bits per heavy atom. The second-order valence-corrected chi connectivity index (χ2v) is 23.4. The number of allylic oxidation sites excluding steroid dienone is 2. The topological polar surface area (TPSA) is 255 Å². The number of phosphoric acid groups is 1. The molecule has 5 aliphatic rings. The summed E-state index contributed by atoms with van der Waals surface area (Å²) >= 11 is 0. The van der Waals surface area contributed by atoms with E-state index < -0.39 is 37.9 Å². The number of aliphatic hydroxyl groups is 1. The van der Waals surface area contributed by atoms with Crippen molar-refractivity contribution in [2.24, 2.45) is 0 Å². The first-order valence-electron chi connectivity index (χ1n) is 27.1. The van der Waals surface area contributed by atoms with Crippen LogP contribution in [0.1, 0.15) is 133 Å². The zero-order chi connectivity index (χ0) is 55.6. The van der Waals surface area contributed by atoms with Gasteiger partial charge in [-0.1, -0.05) is 37.1 Å². The summed E-state index contributed by atoms with van der Waals surface area (Å²) in [6.07, 6.45) is 3.61. The van der Waals surface area contributed by atoms with Gasteiger partial charge >= 0.3 is 0 Å². The van der Waals surface area contributed by atoms with Crippen molar-refractivity contribution in [3.8, 4) is 11.5 Å². The molecule has 21 heteroatoms. The number of amides is 2. The Morgan fingerprint density at radius 2 is 1.71 bits per heavy atom. The van der Waals surface area contributed by atoms with E-state index >= 15 is 0 Å². The molecular formula is C57H71N10O10P. The Hall–Kier alpha value is -6.67. The summed E-state index contributed by atoms with van der Waals surface area (Å²) in [5.74, 6) is 1.25. The molecule has 1 unspecified atom stereocenters. The van der Waals surface area contributed by atoms with Crippen molar-refractivity contribution >= 4 is 65.1 Å². The van der Waals surface area contributed by atoms with Crippen LogP contribution in [0, 0.1) is 0 Å². The number of aromatic amines is 1. The number of imidazole rings is 1. The fourth-order valence-corrected chi connectivity index (χ4v) is 13.1. The van der Waals surface area contributed by atoms with E-state index in [0.29, 0.717) is 38.0 Å². The number of unbranched alkanes of at least 4 members (excludes halogenated alkanes) is 3. The van der Waals surface area contributed by atoms with Crippen LogP contribution >= 0.6 is 7.82 Å². The maximum Gasteiger partial charge on any atom is 0.280 e. The highest BCUT2D eigenvalue weighted by Gasteiger charge is 2.51. The molecule has 0 radical (unpaired) electrons. The fraction of sp³-hybridized carbons (Fsp3) is 0.474. The number of likely N-dealkylation sites (N-methyl/N-ethyl adjacent to an activating group) is 2. The summed E-state index contributed by atoms with van der Waals surface area (Å²) < 4.78 is 38.6. The number of aliphatic hydroxyl groups excluding tert-OH is 1. The number of carbonyl (C=O) groups is 2. The van der Waals surface area contributed by atoms with Crippen LogP contribution < -0.4 is 51.6 Å². The van der Waals surface area contributed by atoms with Crippen LogP contribution in [0.3, 0.4) is 0 Å². The molecule has 2 fully saturated rings. The van der Waals surface area contributed by atoms with Gasteiger partial charge in [-0.3, -0.25) is 28.5 Å². The van der Waals surface area contributed by atoms with E-state index in [9.17, 15) is 28.9 Å². The number of aromatic nitrogens is 4. The lowest BCUT2D eigenvalue weighted by Crippen LogP contribution is -2.49. The number of carbonyl (C=O) groups excluding carboxylic acids is 2. The molecule has 5 atom stereocenters. The average molecular weight is 1090 g/mol. The number of nitrogens with one attached hydrogen (secondary N) is 3. The van der Waals surface area contributed by atoms with Gasteiger partial charge in [0.25, 0.3) is 19.3 Å². The molecule has 7 heterocycles. The Balaban J connectivity index is 0.778. The highest BCUT2D eigenvalue weighted by atomic mass is 31.2. The molecule has 3 aromatic carbocycles. The average Bonchev–Trinajstić information content (AvgIpc) is 4.04. The molecule has 2 aromatic heterocycles. The third-order valence-electron chi connectivity index (χ3n) is 15.7. The minimum Gasteiger partial charge on any atom is -0.756 e. The molecule has 6 N–H and O–H groups in total. The maximum absolute atomic E-state index is 14.7. The van der Waals surface area contributed by atoms with Crippen molar-refractivity contribution in [2.75, 3.05) is 62.3 Å². The maximum atomic E-state index is 14.7. The smallest absolute Gasteiger partial charge is 0.280 e. The molecule has 78 heavy (non-hydrogen) atoms. The standard InChI is InChI=1S/C57H71N10O10P/c1-10-65-40-27-42-38(25-36(40)32(3)29-56(65,5)6)46(39-26-37-33(4)30-57(7,8)66(11-2)41(37)28-43(39)75-42)34-19-14-15-20-35(34)52(71)64(9)24-18-21-45(68)59-22-16-12-13-17-23-60-55-61-47-50(62-54(58)63-51(47)70)67(55)53-48(69)49-44(76-53)31-74-78(72,73)77-49/h14-15,19-20,25-30,44,48-49,53,69H,10-13,16-18,21-24,31H2,1-9H3,(H5,58,59,63,68,70,71,72,73)/t44-,48-,49-,53-/m1/s1. The van der Waals surface area contributed by atoms with Crippen LogP contribution in [0.2, 0.25) is 0 Å². The molecule has 0 aliphatic carbocycles. The largest absolute Gasteiger partial charge is 0.756 e. The Bertz CT molecular complexity index is 3550. The lowest BCUT2D eigenvalue weighted by atomic mass is 9.83. The number of nitrogens with two attached hydrogens (primary N) is 1. The van der Waals surface area contributed by atoms with E-state index in [4.69, 9.17) is 24.3 Å². The van der Waals surface area contributed by atoms with Gasteiger partial charge in [-0.05, 0) is 102 Å². The Morgan fingerprint density at radius 3 is 2.46 bits per heavy atom. The van der Waals surface area contributed by atoms with Crippen LogP contribution in [0.5, 0.6) is 11.5 Å². The van der Waals surface area contributed by atoms with Gasteiger partial charge in [-0.2, -0.15) is 4.98 Å².